The molecule has 1 aromatic carbocycles. The largest absolute Gasteiger partial charge is 0.375 e. The number of aromatic nitrogens is 4. The predicted octanol–water partition coefficient (Wildman–Crippen LogP) is 3.28. The van der Waals surface area contributed by atoms with E-state index in [1.807, 2.05) is 62.9 Å². The van der Waals surface area contributed by atoms with Crippen molar-refractivity contribution >= 4 is 23.4 Å². The number of thioether (sulfide) groups is 1. The van der Waals surface area contributed by atoms with Gasteiger partial charge in [0.2, 0.25) is 5.16 Å². The van der Waals surface area contributed by atoms with E-state index in [0.29, 0.717) is 29.8 Å². The summed E-state index contributed by atoms with van der Waals surface area (Å²) in [6, 6.07) is 9.82. The summed E-state index contributed by atoms with van der Waals surface area (Å²) in [5.41, 5.74) is 3.63. The Morgan fingerprint density at radius 3 is 2.86 bits per heavy atom. The number of carbonyl (C=O) groups is 1. The second-order valence-electron chi connectivity index (χ2n) is 7.54. The fourth-order valence-corrected chi connectivity index (χ4v) is 4.37. The Morgan fingerprint density at radius 2 is 2.03 bits per heavy atom. The third-order valence-corrected chi connectivity index (χ3v) is 5.96. The molecule has 3 heterocycles. The fourth-order valence-electron chi connectivity index (χ4n) is 3.55. The second-order valence-corrected chi connectivity index (χ2v) is 8.48. The van der Waals surface area contributed by atoms with Crippen molar-refractivity contribution in [2.24, 2.45) is 0 Å². The van der Waals surface area contributed by atoms with E-state index >= 15 is 0 Å². The van der Waals surface area contributed by atoms with Crippen molar-refractivity contribution < 1.29 is 9.53 Å². The Hall–Kier alpha value is -2.45. The zero-order chi connectivity index (χ0) is 20.5. The molecule has 1 fully saturated rings. The molecule has 1 saturated heterocycles. The average Bonchev–Trinajstić information content (AvgIpc) is 3.11. The van der Waals surface area contributed by atoms with Crippen molar-refractivity contribution in [2.75, 3.05) is 13.2 Å². The van der Waals surface area contributed by atoms with Gasteiger partial charge in [0, 0.05) is 29.2 Å². The first-order chi connectivity index (χ1) is 13.9. The molecular weight excluding hydrogens is 386 g/mol. The van der Waals surface area contributed by atoms with E-state index in [9.17, 15) is 4.79 Å². The minimum Gasteiger partial charge on any atom is -0.375 e. The first-order valence-electron chi connectivity index (χ1n) is 9.76. The van der Waals surface area contributed by atoms with Gasteiger partial charge < -0.3 is 9.64 Å². The molecule has 0 radical (unpaired) electrons. The van der Waals surface area contributed by atoms with Crippen LogP contribution in [0.4, 0.5) is 0 Å². The number of hydrogen-bond acceptors (Lipinski definition) is 6. The van der Waals surface area contributed by atoms with Crippen LogP contribution in [0.3, 0.4) is 0 Å². The van der Waals surface area contributed by atoms with Crippen LogP contribution in [-0.2, 0) is 10.5 Å². The molecule has 0 bridgehead atoms. The molecule has 152 valence electrons. The highest BCUT2D eigenvalue weighted by Crippen LogP contribution is 2.25. The summed E-state index contributed by atoms with van der Waals surface area (Å²) in [5, 5.41) is 5.20. The number of benzene rings is 1. The lowest BCUT2D eigenvalue weighted by Gasteiger charge is -2.37. The number of nitrogens with zero attached hydrogens (tertiary/aromatic N) is 5. The van der Waals surface area contributed by atoms with E-state index in [2.05, 4.69) is 15.1 Å². The van der Waals surface area contributed by atoms with Gasteiger partial charge in [-0.05, 0) is 45.4 Å². The molecular formula is C21H25N5O2S. The van der Waals surface area contributed by atoms with Gasteiger partial charge in [-0.25, -0.2) is 9.50 Å². The van der Waals surface area contributed by atoms with Crippen molar-refractivity contribution in [3.63, 3.8) is 0 Å². The number of fused-ring (bicyclic) bond motifs is 1. The first kappa shape index (κ1) is 19.8. The summed E-state index contributed by atoms with van der Waals surface area (Å²) in [7, 11) is 0. The minimum atomic E-state index is 0.0538. The lowest BCUT2D eigenvalue weighted by atomic mass is 10.1. The third-order valence-electron chi connectivity index (χ3n) is 5.07. The molecule has 8 heteroatoms. The zero-order valence-corrected chi connectivity index (χ0v) is 17.9. The van der Waals surface area contributed by atoms with Crippen LogP contribution in [0.15, 0.2) is 35.5 Å². The van der Waals surface area contributed by atoms with E-state index < -0.39 is 0 Å². The Kier molecular flexibility index (Phi) is 5.56. The maximum absolute atomic E-state index is 13.2. The molecule has 0 aliphatic carbocycles. The van der Waals surface area contributed by atoms with Gasteiger partial charge in [-0.15, -0.1) is 5.10 Å². The molecule has 3 aromatic rings. The van der Waals surface area contributed by atoms with E-state index in [0.717, 1.165) is 22.5 Å². The van der Waals surface area contributed by atoms with Crippen LogP contribution in [0.1, 0.15) is 41.2 Å². The molecule has 0 spiro atoms. The molecule has 29 heavy (non-hydrogen) atoms. The smallest absolute Gasteiger partial charge is 0.254 e. The first-order valence-corrected chi connectivity index (χ1v) is 10.7. The van der Waals surface area contributed by atoms with Crippen molar-refractivity contribution in [3.05, 3.63) is 52.8 Å². The monoisotopic (exact) mass is 411 g/mol. The summed E-state index contributed by atoms with van der Waals surface area (Å²) in [4.78, 5) is 24.1. The standard InChI is InChI=1S/C21H25N5O2S/c1-13-9-14(2)26-20(22-13)23-21(24-26)29-12-17-7-5-6-8-18(17)19(27)25-10-16(4)28-11-15(25)3/h5-9,15-16H,10-12H2,1-4H3. The molecule has 1 aliphatic rings. The summed E-state index contributed by atoms with van der Waals surface area (Å²) >= 11 is 1.51. The van der Waals surface area contributed by atoms with Gasteiger partial charge in [0.05, 0.1) is 18.8 Å². The minimum absolute atomic E-state index is 0.0538. The van der Waals surface area contributed by atoms with Crippen molar-refractivity contribution in [3.8, 4) is 0 Å². The summed E-state index contributed by atoms with van der Waals surface area (Å²) < 4.78 is 7.42. The quantitative estimate of drug-likeness (QED) is 0.614. The number of carbonyl (C=O) groups excluding carboxylic acids is 1. The van der Waals surface area contributed by atoms with Crippen LogP contribution in [0.5, 0.6) is 0 Å². The van der Waals surface area contributed by atoms with Crippen LogP contribution in [0.25, 0.3) is 5.78 Å². The molecule has 2 atom stereocenters. The molecule has 1 aliphatic heterocycles. The number of hydrogen-bond donors (Lipinski definition) is 0. The third kappa shape index (κ3) is 4.13. The summed E-state index contributed by atoms with van der Waals surface area (Å²) in [5.74, 6) is 1.27. The van der Waals surface area contributed by atoms with E-state index in [1.165, 1.54) is 11.8 Å². The highest BCUT2D eigenvalue weighted by molar-refractivity contribution is 7.98. The number of ether oxygens (including phenoxy) is 1. The average molecular weight is 412 g/mol. The predicted molar refractivity (Wildman–Crippen MR) is 112 cm³/mol. The summed E-state index contributed by atoms with van der Waals surface area (Å²) in [6.07, 6.45) is 0.0538. The maximum Gasteiger partial charge on any atom is 0.254 e. The van der Waals surface area contributed by atoms with Gasteiger partial charge in [-0.1, -0.05) is 30.0 Å². The van der Waals surface area contributed by atoms with E-state index in [-0.39, 0.29) is 18.1 Å². The molecule has 1 amide bonds. The van der Waals surface area contributed by atoms with Gasteiger partial charge in [-0.2, -0.15) is 4.98 Å². The van der Waals surface area contributed by atoms with Gasteiger partial charge in [-0.3, -0.25) is 4.79 Å². The Labute approximate surface area is 174 Å². The van der Waals surface area contributed by atoms with E-state index in [4.69, 9.17) is 4.74 Å². The Bertz CT molecular complexity index is 1050. The lowest BCUT2D eigenvalue weighted by Crippen LogP contribution is -2.50. The van der Waals surface area contributed by atoms with Gasteiger partial charge in [0.25, 0.3) is 11.7 Å². The number of rotatable bonds is 4. The van der Waals surface area contributed by atoms with Crippen molar-refractivity contribution in [2.45, 2.75) is 50.8 Å². The zero-order valence-electron chi connectivity index (χ0n) is 17.1. The molecule has 2 aromatic heterocycles. The van der Waals surface area contributed by atoms with Crippen LogP contribution >= 0.6 is 11.8 Å². The SMILES string of the molecule is Cc1cc(C)n2nc(SCc3ccccc3C(=O)N3CC(C)OCC3C)nc2n1. The van der Waals surface area contributed by atoms with Gasteiger partial charge >= 0.3 is 0 Å². The van der Waals surface area contributed by atoms with Crippen molar-refractivity contribution in [1.82, 2.24) is 24.5 Å². The Morgan fingerprint density at radius 1 is 1.24 bits per heavy atom. The topological polar surface area (TPSA) is 72.6 Å². The van der Waals surface area contributed by atoms with Gasteiger partial charge in [0.15, 0.2) is 0 Å². The molecule has 2 unspecified atom stereocenters. The van der Waals surface area contributed by atoms with Crippen LogP contribution in [-0.4, -0.2) is 55.7 Å². The highest BCUT2D eigenvalue weighted by Gasteiger charge is 2.29. The van der Waals surface area contributed by atoms with Crippen LogP contribution < -0.4 is 0 Å². The number of aryl methyl sites for hydroxylation is 2. The van der Waals surface area contributed by atoms with Crippen LogP contribution in [0.2, 0.25) is 0 Å². The normalized spacial score (nSPS) is 19.7. The molecule has 0 N–H and O–H groups in total. The molecule has 4 rings (SSSR count). The molecule has 0 saturated carbocycles. The highest BCUT2D eigenvalue weighted by atomic mass is 32.2. The summed E-state index contributed by atoms with van der Waals surface area (Å²) in [6.45, 7) is 9.15. The van der Waals surface area contributed by atoms with Crippen LogP contribution in [0, 0.1) is 13.8 Å². The second kappa shape index (κ2) is 8.12. The Balaban J connectivity index is 1.54. The maximum atomic E-state index is 13.2. The number of amides is 1. The molecule has 7 nitrogen and oxygen atoms in total. The lowest BCUT2D eigenvalue weighted by molar-refractivity contribution is -0.0387. The van der Waals surface area contributed by atoms with Crippen molar-refractivity contribution in [1.29, 1.82) is 0 Å². The van der Waals surface area contributed by atoms with Gasteiger partial charge in [0.1, 0.15) is 0 Å². The fraction of sp³-hybridized carbons (Fsp3) is 0.429. The number of morpholine rings is 1. The van der Waals surface area contributed by atoms with E-state index in [1.54, 1.807) is 4.52 Å².